The Kier molecular flexibility index (Phi) is 6.56. The summed E-state index contributed by atoms with van der Waals surface area (Å²) < 4.78 is 13.3. The van der Waals surface area contributed by atoms with E-state index in [-0.39, 0.29) is 5.75 Å². The predicted octanol–water partition coefficient (Wildman–Crippen LogP) is 5.84. The van der Waals surface area contributed by atoms with Gasteiger partial charge >= 0.3 is 5.97 Å². The highest BCUT2D eigenvalue weighted by Crippen LogP contribution is 2.39. The lowest BCUT2D eigenvalue weighted by Crippen LogP contribution is -2.25. The van der Waals surface area contributed by atoms with Crippen LogP contribution in [0.5, 0.6) is 5.75 Å². The average Bonchev–Trinajstić information content (AvgIpc) is 2.66. The van der Waals surface area contributed by atoms with Crippen molar-refractivity contribution in [3.8, 4) is 5.75 Å². The molecule has 0 saturated heterocycles. The summed E-state index contributed by atoms with van der Waals surface area (Å²) in [6, 6.07) is 14.3. The minimum Gasteiger partial charge on any atom is -0.508 e. The first-order chi connectivity index (χ1) is 12.8. The number of hydrogen-bond donors (Lipinski definition) is 2. The van der Waals surface area contributed by atoms with Crippen LogP contribution in [0.15, 0.2) is 66.0 Å². The molecule has 0 aliphatic carbocycles. The molecule has 2 N–H and O–H groups in total. The number of hydrogen-bond acceptors (Lipinski definition) is 2. The van der Waals surface area contributed by atoms with Gasteiger partial charge in [-0.2, -0.15) is 4.39 Å². The molecule has 1 atom stereocenters. The highest BCUT2D eigenvalue weighted by atomic mass is 19.1. The van der Waals surface area contributed by atoms with Crippen molar-refractivity contribution in [1.29, 1.82) is 0 Å². The van der Waals surface area contributed by atoms with Crippen LogP contribution in [0.1, 0.15) is 50.3 Å². The van der Waals surface area contributed by atoms with Gasteiger partial charge in [-0.25, -0.2) is 4.79 Å². The third kappa shape index (κ3) is 4.64. The summed E-state index contributed by atoms with van der Waals surface area (Å²) in [5.74, 6) is -2.56. The lowest BCUT2D eigenvalue weighted by atomic mass is 9.70. The van der Waals surface area contributed by atoms with E-state index >= 15 is 0 Å². The zero-order valence-corrected chi connectivity index (χ0v) is 15.9. The maximum Gasteiger partial charge on any atom is 0.364 e. The number of carbonyl (C=O) groups is 1. The summed E-state index contributed by atoms with van der Waals surface area (Å²) in [4.78, 5) is 10.7. The molecule has 0 bridgehead atoms. The number of rotatable bonds is 7. The van der Waals surface area contributed by atoms with Crippen molar-refractivity contribution in [1.82, 2.24) is 0 Å². The molecule has 0 aliphatic heterocycles. The fourth-order valence-electron chi connectivity index (χ4n) is 3.10. The molecule has 0 saturated carbocycles. The highest BCUT2D eigenvalue weighted by molar-refractivity contribution is 5.89. The molecule has 2 aromatic rings. The summed E-state index contributed by atoms with van der Waals surface area (Å²) in [7, 11) is 0. The smallest absolute Gasteiger partial charge is 0.364 e. The fourth-order valence-corrected chi connectivity index (χ4v) is 3.10. The van der Waals surface area contributed by atoms with Gasteiger partial charge in [-0.3, -0.25) is 0 Å². The fraction of sp³-hybridized carbons (Fsp3) is 0.261. The molecule has 0 amide bonds. The van der Waals surface area contributed by atoms with Crippen LogP contribution in [0.2, 0.25) is 0 Å². The Hall–Kier alpha value is -2.88. The Morgan fingerprint density at radius 1 is 1.07 bits per heavy atom. The van der Waals surface area contributed by atoms with Gasteiger partial charge in [-0.1, -0.05) is 61.4 Å². The SMILES string of the molecule is CCC/C=C(\C)C(C)(c1ccc(O)cc1)c1ccc(/C=C(\F)C(=O)O)cc1. The second kappa shape index (κ2) is 8.67. The number of aliphatic carboxylic acids is 1. The van der Waals surface area contributed by atoms with Crippen molar-refractivity contribution in [2.45, 2.75) is 39.0 Å². The van der Waals surface area contributed by atoms with Crippen molar-refractivity contribution in [2.24, 2.45) is 0 Å². The zero-order chi connectivity index (χ0) is 20.0. The van der Waals surface area contributed by atoms with Gasteiger partial charge in [-0.05, 0) is 55.2 Å². The van der Waals surface area contributed by atoms with Crippen LogP contribution in [0.3, 0.4) is 0 Å². The first-order valence-electron chi connectivity index (χ1n) is 8.96. The minimum absolute atomic E-state index is 0.209. The number of benzene rings is 2. The van der Waals surface area contributed by atoms with Gasteiger partial charge < -0.3 is 10.2 Å². The van der Waals surface area contributed by atoms with Gasteiger partial charge in [-0.15, -0.1) is 0 Å². The molecule has 27 heavy (non-hydrogen) atoms. The van der Waals surface area contributed by atoms with Crippen LogP contribution in [-0.4, -0.2) is 16.2 Å². The summed E-state index contributed by atoms with van der Waals surface area (Å²) in [6.45, 7) is 6.32. The van der Waals surface area contributed by atoms with E-state index in [1.165, 1.54) is 5.57 Å². The lowest BCUT2D eigenvalue weighted by molar-refractivity contribution is -0.134. The van der Waals surface area contributed by atoms with E-state index in [4.69, 9.17) is 5.11 Å². The number of halogens is 1. The lowest BCUT2D eigenvalue weighted by Gasteiger charge is -2.33. The molecule has 2 rings (SSSR count). The summed E-state index contributed by atoms with van der Waals surface area (Å²) in [5.41, 5.74) is 3.28. The van der Waals surface area contributed by atoms with Crippen LogP contribution in [0.4, 0.5) is 4.39 Å². The predicted molar refractivity (Wildman–Crippen MR) is 106 cm³/mol. The standard InChI is InChI=1S/C23H25FO3/c1-4-5-6-16(2)23(3,19-11-13-20(25)14-12-19)18-9-7-17(8-10-18)15-21(24)22(26)27/h6-15,25H,4-5H2,1-3H3,(H,26,27)/b16-6+,21-15-. The molecule has 0 aromatic heterocycles. The van der Waals surface area contributed by atoms with Crippen molar-refractivity contribution in [3.63, 3.8) is 0 Å². The number of phenols is 1. The molecule has 0 radical (unpaired) electrons. The van der Waals surface area contributed by atoms with Crippen molar-refractivity contribution in [2.75, 3.05) is 0 Å². The van der Waals surface area contributed by atoms with Gasteiger partial charge in [0.25, 0.3) is 0 Å². The molecular weight excluding hydrogens is 343 g/mol. The molecule has 0 fully saturated rings. The number of unbranched alkanes of at least 4 members (excludes halogenated alkanes) is 1. The van der Waals surface area contributed by atoms with E-state index < -0.39 is 17.2 Å². The van der Waals surface area contributed by atoms with E-state index in [9.17, 15) is 14.3 Å². The van der Waals surface area contributed by atoms with Gasteiger partial charge in [0, 0.05) is 5.41 Å². The maximum absolute atomic E-state index is 13.3. The Labute approximate surface area is 159 Å². The Bertz CT molecular complexity index is 848. The monoisotopic (exact) mass is 368 g/mol. The highest BCUT2D eigenvalue weighted by Gasteiger charge is 2.30. The number of allylic oxidation sites excluding steroid dienone is 2. The normalized spacial score (nSPS) is 14.7. The van der Waals surface area contributed by atoms with Gasteiger partial charge in [0.1, 0.15) is 5.75 Å². The molecule has 3 nitrogen and oxygen atoms in total. The van der Waals surface area contributed by atoms with Crippen LogP contribution >= 0.6 is 0 Å². The number of phenolic OH excluding ortho intramolecular Hbond substituents is 1. The quantitative estimate of drug-likeness (QED) is 0.477. The summed E-state index contributed by atoms with van der Waals surface area (Å²) in [6.07, 6.45) is 5.22. The molecular formula is C23H25FO3. The van der Waals surface area contributed by atoms with E-state index in [1.807, 2.05) is 24.3 Å². The second-order valence-corrected chi connectivity index (χ2v) is 6.77. The summed E-state index contributed by atoms with van der Waals surface area (Å²) >= 11 is 0. The largest absolute Gasteiger partial charge is 0.508 e. The molecule has 0 aliphatic rings. The minimum atomic E-state index is -1.58. The van der Waals surface area contributed by atoms with Gasteiger partial charge in [0.2, 0.25) is 5.83 Å². The van der Waals surface area contributed by atoms with E-state index in [1.54, 1.807) is 24.3 Å². The van der Waals surface area contributed by atoms with Crippen molar-refractivity contribution in [3.05, 3.63) is 82.7 Å². The molecule has 4 heteroatoms. The van der Waals surface area contributed by atoms with Crippen LogP contribution in [0.25, 0.3) is 6.08 Å². The Morgan fingerprint density at radius 3 is 2.07 bits per heavy atom. The van der Waals surface area contributed by atoms with E-state index in [0.29, 0.717) is 5.56 Å². The van der Waals surface area contributed by atoms with Crippen LogP contribution in [0, 0.1) is 0 Å². The third-order valence-electron chi connectivity index (χ3n) is 4.96. The molecule has 0 heterocycles. The van der Waals surface area contributed by atoms with Gasteiger partial charge in [0.05, 0.1) is 0 Å². The molecule has 2 aromatic carbocycles. The maximum atomic E-state index is 13.3. The van der Waals surface area contributed by atoms with E-state index in [0.717, 1.165) is 30.0 Å². The topological polar surface area (TPSA) is 57.5 Å². The second-order valence-electron chi connectivity index (χ2n) is 6.77. The van der Waals surface area contributed by atoms with E-state index in [2.05, 4.69) is 26.8 Å². The molecule has 0 spiro atoms. The number of carboxylic acid groups (broad SMARTS) is 1. The zero-order valence-electron chi connectivity index (χ0n) is 15.9. The third-order valence-corrected chi connectivity index (χ3v) is 4.96. The van der Waals surface area contributed by atoms with Crippen molar-refractivity contribution < 1.29 is 19.4 Å². The number of carboxylic acids is 1. The van der Waals surface area contributed by atoms with Gasteiger partial charge in [0.15, 0.2) is 0 Å². The molecule has 1 unspecified atom stereocenters. The van der Waals surface area contributed by atoms with Crippen LogP contribution in [-0.2, 0) is 10.2 Å². The Morgan fingerprint density at radius 2 is 1.59 bits per heavy atom. The molecule has 142 valence electrons. The van der Waals surface area contributed by atoms with Crippen LogP contribution < -0.4 is 0 Å². The first-order valence-corrected chi connectivity index (χ1v) is 8.96. The average molecular weight is 368 g/mol. The Balaban J connectivity index is 2.52. The number of aromatic hydroxyl groups is 1. The van der Waals surface area contributed by atoms with Crippen molar-refractivity contribution >= 4 is 12.0 Å². The first kappa shape index (κ1) is 20.4. The summed E-state index contributed by atoms with van der Waals surface area (Å²) in [5, 5.41) is 18.3.